The highest BCUT2D eigenvalue weighted by Crippen LogP contribution is 2.45. The molecule has 0 saturated carbocycles. The van der Waals surface area contributed by atoms with Crippen molar-refractivity contribution in [1.82, 2.24) is 5.32 Å². The summed E-state index contributed by atoms with van der Waals surface area (Å²) in [5.74, 6) is 0.865. The first-order chi connectivity index (χ1) is 10.6. The second-order valence-corrected chi connectivity index (χ2v) is 5.94. The Morgan fingerprint density at radius 2 is 1.64 bits per heavy atom. The van der Waals surface area contributed by atoms with E-state index in [0.29, 0.717) is 22.6 Å². The van der Waals surface area contributed by atoms with Crippen LogP contribution in [0, 0.1) is 22.7 Å². The van der Waals surface area contributed by atoms with Gasteiger partial charge < -0.3 is 14.8 Å². The number of rotatable bonds is 1. The van der Waals surface area contributed by atoms with E-state index in [1.165, 1.54) is 0 Å². The maximum atomic E-state index is 9.53. The predicted octanol–water partition coefficient (Wildman–Crippen LogP) is 3.46. The highest BCUT2D eigenvalue weighted by molar-refractivity contribution is 9.10. The van der Waals surface area contributed by atoms with Crippen molar-refractivity contribution >= 4 is 15.9 Å². The summed E-state index contributed by atoms with van der Waals surface area (Å²) in [5.41, 5.74) is 3.39. The van der Waals surface area contributed by atoms with Gasteiger partial charge in [0.05, 0.1) is 29.2 Å². The number of allylic oxidation sites excluding steroid dienone is 4. The van der Waals surface area contributed by atoms with Gasteiger partial charge in [0.25, 0.3) is 0 Å². The summed E-state index contributed by atoms with van der Waals surface area (Å²) >= 11 is 3.52. The fourth-order valence-corrected chi connectivity index (χ4v) is 3.31. The van der Waals surface area contributed by atoms with Gasteiger partial charge in [0.2, 0.25) is 6.79 Å². The quantitative estimate of drug-likeness (QED) is 0.832. The minimum atomic E-state index is -0.417. The summed E-state index contributed by atoms with van der Waals surface area (Å²) < 4.78 is 11.6. The second-order valence-electron chi connectivity index (χ2n) is 5.09. The van der Waals surface area contributed by atoms with E-state index in [9.17, 15) is 10.5 Å². The van der Waals surface area contributed by atoms with Gasteiger partial charge in [-0.05, 0) is 31.5 Å². The van der Waals surface area contributed by atoms with Crippen molar-refractivity contribution in [3.8, 4) is 23.6 Å². The van der Waals surface area contributed by atoms with E-state index in [0.717, 1.165) is 21.4 Å². The molecule has 0 amide bonds. The van der Waals surface area contributed by atoms with Gasteiger partial charge in [-0.3, -0.25) is 0 Å². The van der Waals surface area contributed by atoms with Crippen molar-refractivity contribution in [1.29, 1.82) is 10.5 Å². The van der Waals surface area contributed by atoms with E-state index in [-0.39, 0.29) is 6.79 Å². The number of hydrogen-bond donors (Lipinski definition) is 1. The molecule has 0 unspecified atom stereocenters. The van der Waals surface area contributed by atoms with Crippen LogP contribution in [0.1, 0.15) is 25.3 Å². The molecule has 1 N–H and O–H groups in total. The molecule has 2 aliphatic heterocycles. The Labute approximate surface area is 136 Å². The molecule has 0 spiro atoms. The van der Waals surface area contributed by atoms with Crippen molar-refractivity contribution < 1.29 is 9.47 Å². The number of fused-ring (bicyclic) bond motifs is 1. The Hall–Kier alpha value is -2.44. The van der Waals surface area contributed by atoms with Gasteiger partial charge in [-0.25, -0.2) is 0 Å². The zero-order valence-electron chi connectivity index (χ0n) is 12.0. The molecular formula is C16H12BrN3O2. The molecule has 3 rings (SSSR count). The number of ether oxygens (including phenoxy) is 2. The number of nitrogens with zero attached hydrogens (tertiary/aromatic N) is 2. The SMILES string of the molecule is CC1=C(C#N)C(c2cc3c(cc2Br)OCO3)C(C#N)=C(C)N1. The molecule has 1 aromatic rings. The number of nitriles is 2. The summed E-state index contributed by atoms with van der Waals surface area (Å²) in [5, 5.41) is 22.1. The molecule has 0 aromatic heterocycles. The largest absolute Gasteiger partial charge is 0.454 e. The van der Waals surface area contributed by atoms with Crippen LogP contribution in [-0.4, -0.2) is 6.79 Å². The summed E-state index contributed by atoms with van der Waals surface area (Å²) in [7, 11) is 0. The third-order valence-electron chi connectivity index (χ3n) is 3.80. The summed E-state index contributed by atoms with van der Waals surface area (Å²) in [6.45, 7) is 3.85. The average Bonchev–Trinajstić information content (AvgIpc) is 2.92. The number of hydrogen-bond acceptors (Lipinski definition) is 5. The number of dihydropyridines is 1. The standard InChI is InChI=1S/C16H12BrN3O2/c1-8-11(5-18)16(12(6-19)9(2)20-8)10-3-14-15(4-13(10)17)22-7-21-14/h3-4,16,20H,7H2,1-2H3. The van der Waals surface area contributed by atoms with Crippen LogP contribution < -0.4 is 14.8 Å². The van der Waals surface area contributed by atoms with Gasteiger partial charge in [0.15, 0.2) is 11.5 Å². The lowest BCUT2D eigenvalue weighted by Crippen LogP contribution is -2.23. The van der Waals surface area contributed by atoms with Crippen LogP contribution in [0.15, 0.2) is 39.1 Å². The van der Waals surface area contributed by atoms with Crippen LogP contribution in [0.5, 0.6) is 11.5 Å². The Morgan fingerprint density at radius 1 is 1.09 bits per heavy atom. The Bertz CT molecular complexity index is 776. The molecule has 1 aromatic carbocycles. The first-order valence-corrected chi connectivity index (χ1v) is 7.44. The predicted molar refractivity (Wildman–Crippen MR) is 82.8 cm³/mol. The van der Waals surface area contributed by atoms with Crippen LogP contribution in [0.2, 0.25) is 0 Å². The summed E-state index contributed by atoms with van der Waals surface area (Å²) in [4.78, 5) is 0. The second kappa shape index (κ2) is 5.40. The van der Waals surface area contributed by atoms with Gasteiger partial charge in [-0.2, -0.15) is 10.5 Å². The number of benzene rings is 1. The van der Waals surface area contributed by atoms with Crippen LogP contribution >= 0.6 is 15.9 Å². The van der Waals surface area contributed by atoms with Gasteiger partial charge in [-0.15, -0.1) is 0 Å². The molecule has 0 fully saturated rings. The average molecular weight is 358 g/mol. The third kappa shape index (κ3) is 2.13. The lowest BCUT2D eigenvalue weighted by Gasteiger charge is -2.27. The molecule has 2 heterocycles. The Balaban J connectivity index is 2.22. The zero-order chi connectivity index (χ0) is 15.9. The normalized spacial score (nSPS) is 17.1. The van der Waals surface area contributed by atoms with Crippen molar-refractivity contribution in [2.24, 2.45) is 0 Å². The van der Waals surface area contributed by atoms with Gasteiger partial charge in [0.1, 0.15) is 0 Å². The first kappa shape index (κ1) is 14.5. The Morgan fingerprint density at radius 3 is 2.18 bits per heavy atom. The Kier molecular flexibility index (Phi) is 3.56. The van der Waals surface area contributed by atoms with E-state index in [2.05, 4.69) is 33.4 Å². The molecule has 0 bridgehead atoms. The minimum Gasteiger partial charge on any atom is -0.454 e. The minimum absolute atomic E-state index is 0.178. The fraction of sp³-hybridized carbons (Fsp3) is 0.250. The van der Waals surface area contributed by atoms with Crippen LogP contribution in [-0.2, 0) is 0 Å². The molecule has 6 heteroatoms. The van der Waals surface area contributed by atoms with Crippen LogP contribution in [0.25, 0.3) is 0 Å². The lowest BCUT2D eigenvalue weighted by molar-refractivity contribution is 0.174. The van der Waals surface area contributed by atoms with E-state index >= 15 is 0 Å². The summed E-state index contributed by atoms with van der Waals surface area (Å²) in [6.07, 6.45) is 0. The number of halogens is 1. The molecular weight excluding hydrogens is 346 g/mol. The molecule has 110 valence electrons. The monoisotopic (exact) mass is 357 g/mol. The molecule has 0 saturated heterocycles. The number of nitrogens with one attached hydrogen (secondary N) is 1. The van der Waals surface area contributed by atoms with E-state index in [4.69, 9.17) is 9.47 Å². The van der Waals surface area contributed by atoms with Crippen molar-refractivity contribution in [3.63, 3.8) is 0 Å². The van der Waals surface area contributed by atoms with E-state index in [1.807, 2.05) is 26.0 Å². The smallest absolute Gasteiger partial charge is 0.231 e. The highest BCUT2D eigenvalue weighted by Gasteiger charge is 2.32. The molecule has 0 aliphatic carbocycles. The van der Waals surface area contributed by atoms with Crippen molar-refractivity contribution in [2.45, 2.75) is 19.8 Å². The topological polar surface area (TPSA) is 78.1 Å². The third-order valence-corrected chi connectivity index (χ3v) is 4.49. The van der Waals surface area contributed by atoms with Gasteiger partial charge in [-0.1, -0.05) is 15.9 Å². The van der Waals surface area contributed by atoms with Crippen LogP contribution in [0.3, 0.4) is 0 Å². The molecule has 22 heavy (non-hydrogen) atoms. The highest BCUT2D eigenvalue weighted by atomic mass is 79.9. The molecule has 2 aliphatic rings. The van der Waals surface area contributed by atoms with Crippen molar-refractivity contribution in [2.75, 3.05) is 6.79 Å². The van der Waals surface area contributed by atoms with E-state index in [1.54, 1.807) is 0 Å². The van der Waals surface area contributed by atoms with Crippen molar-refractivity contribution in [3.05, 3.63) is 44.7 Å². The maximum absolute atomic E-state index is 9.53. The lowest BCUT2D eigenvalue weighted by atomic mass is 9.81. The van der Waals surface area contributed by atoms with E-state index < -0.39 is 5.92 Å². The zero-order valence-corrected chi connectivity index (χ0v) is 13.6. The fourth-order valence-electron chi connectivity index (χ4n) is 2.76. The molecule has 0 atom stereocenters. The van der Waals surface area contributed by atoms with Gasteiger partial charge in [0, 0.05) is 15.9 Å². The molecule has 0 radical (unpaired) electrons. The van der Waals surface area contributed by atoms with Crippen LogP contribution in [0.4, 0.5) is 0 Å². The maximum Gasteiger partial charge on any atom is 0.231 e. The molecule has 5 nitrogen and oxygen atoms in total. The first-order valence-electron chi connectivity index (χ1n) is 6.64. The summed E-state index contributed by atoms with van der Waals surface area (Å²) in [6, 6.07) is 8.09. The van der Waals surface area contributed by atoms with Gasteiger partial charge >= 0.3 is 0 Å².